The Morgan fingerprint density at radius 3 is 1.80 bits per heavy atom. The molecule has 0 radical (unpaired) electrons. The molecule has 0 saturated heterocycles. The number of aromatic nitrogens is 3. The molecule has 2 heterocycles. The Bertz CT molecular complexity index is 2020. The summed E-state index contributed by atoms with van der Waals surface area (Å²) in [5, 5.41) is 6.64. The molecule has 6 rings (SSSR count). The number of nitrogens with one attached hydrogen (secondary N) is 2. The largest absolute Gasteiger partial charge is 0.399 e. The van der Waals surface area contributed by atoms with Gasteiger partial charge in [0.1, 0.15) is 11.6 Å². The van der Waals surface area contributed by atoms with Crippen LogP contribution in [0.3, 0.4) is 0 Å². The van der Waals surface area contributed by atoms with Crippen molar-refractivity contribution in [3.63, 3.8) is 0 Å². The normalized spacial score (nSPS) is 11.2. The van der Waals surface area contributed by atoms with E-state index in [4.69, 9.17) is 21.4 Å². The average Bonchev–Trinajstić information content (AvgIpc) is 3.07. The van der Waals surface area contributed by atoms with Crippen LogP contribution in [0.1, 0.15) is 33.6 Å². The first-order chi connectivity index (χ1) is 24.1. The summed E-state index contributed by atoms with van der Waals surface area (Å²) in [6.45, 7) is 7.00. The SMILES string of the molecule is Cc1ccc(Nc2cc(N)cc(CN(C)Cc3cccc(-c4ccc(CN(C)Cc5cc(N)nc(Nc6ccc(C)cc6)n5)cc4)c3)n2)cc1. The highest BCUT2D eigenvalue weighted by atomic mass is 15.2. The maximum absolute atomic E-state index is 6.25. The van der Waals surface area contributed by atoms with E-state index in [9.17, 15) is 0 Å². The number of aryl methyl sites for hydroxylation is 2. The fourth-order valence-electron chi connectivity index (χ4n) is 5.90. The smallest absolute Gasteiger partial charge is 0.229 e. The van der Waals surface area contributed by atoms with Crippen LogP contribution in [0.15, 0.2) is 115 Å². The fraction of sp³-hybridized carbons (Fsp3) is 0.195. The number of hydrogen-bond donors (Lipinski definition) is 4. The highest BCUT2D eigenvalue weighted by Crippen LogP contribution is 2.24. The number of rotatable bonds is 13. The molecular formula is C41H45N9. The van der Waals surface area contributed by atoms with Gasteiger partial charge in [-0.15, -0.1) is 0 Å². The summed E-state index contributed by atoms with van der Waals surface area (Å²) in [6, 6.07) is 39.5. The first-order valence-electron chi connectivity index (χ1n) is 16.8. The predicted molar refractivity (Wildman–Crippen MR) is 206 cm³/mol. The van der Waals surface area contributed by atoms with Gasteiger partial charge in [0.15, 0.2) is 0 Å². The summed E-state index contributed by atoms with van der Waals surface area (Å²) in [7, 11) is 4.19. The van der Waals surface area contributed by atoms with Gasteiger partial charge in [-0.05, 0) is 86.6 Å². The van der Waals surface area contributed by atoms with E-state index in [-0.39, 0.29) is 0 Å². The third-order valence-electron chi connectivity index (χ3n) is 8.31. The van der Waals surface area contributed by atoms with Crippen LogP contribution < -0.4 is 22.1 Å². The molecule has 9 heteroatoms. The predicted octanol–water partition coefficient (Wildman–Crippen LogP) is 8.07. The minimum absolute atomic E-state index is 0.442. The Hall–Kier alpha value is -5.77. The van der Waals surface area contributed by atoms with Crippen molar-refractivity contribution >= 4 is 34.6 Å². The van der Waals surface area contributed by atoms with Gasteiger partial charge in [-0.1, -0.05) is 77.9 Å². The third-order valence-corrected chi connectivity index (χ3v) is 8.31. The molecule has 0 amide bonds. The summed E-state index contributed by atoms with van der Waals surface area (Å²) < 4.78 is 0. The molecule has 2 aromatic heterocycles. The van der Waals surface area contributed by atoms with Gasteiger partial charge in [-0.25, -0.2) is 9.97 Å². The molecule has 0 saturated carbocycles. The van der Waals surface area contributed by atoms with Crippen molar-refractivity contribution in [1.82, 2.24) is 24.8 Å². The molecule has 0 aliphatic heterocycles. The molecule has 0 bridgehead atoms. The highest BCUT2D eigenvalue weighted by molar-refractivity contribution is 5.65. The molecule has 0 fully saturated rings. The second kappa shape index (κ2) is 15.6. The van der Waals surface area contributed by atoms with Crippen LogP contribution in [0.25, 0.3) is 11.1 Å². The van der Waals surface area contributed by atoms with Crippen molar-refractivity contribution in [2.75, 3.05) is 36.2 Å². The van der Waals surface area contributed by atoms with Gasteiger partial charge >= 0.3 is 0 Å². The standard InChI is InChI=1S/C41H45N9/c1-28-8-16-35(17-9-28)44-40-22-34(42)21-37(45-40)26-50(4)25-31-6-5-7-33(20-31)32-14-12-30(13-15-32)24-49(3)27-38-23-39(43)48-41(47-38)46-36-18-10-29(2)11-19-36/h5-23H,24-27H2,1-4H3,(H3,42,44,45)(H3,43,46,47,48). The van der Waals surface area contributed by atoms with Crippen molar-refractivity contribution in [1.29, 1.82) is 0 Å². The van der Waals surface area contributed by atoms with E-state index >= 15 is 0 Å². The van der Waals surface area contributed by atoms with Gasteiger partial charge in [0.25, 0.3) is 0 Å². The van der Waals surface area contributed by atoms with Gasteiger partial charge in [-0.3, -0.25) is 9.80 Å². The summed E-state index contributed by atoms with van der Waals surface area (Å²) in [5.41, 5.74) is 24.0. The van der Waals surface area contributed by atoms with Gasteiger partial charge < -0.3 is 22.1 Å². The number of anilines is 6. The van der Waals surface area contributed by atoms with E-state index < -0.39 is 0 Å². The Morgan fingerprint density at radius 2 is 1.14 bits per heavy atom. The summed E-state index contributed by atoms with van der Waals surface area (Å²) in [4.78, 5) is 18.4. The molecular weight excluding hydrogens is 619 g/mol. The Morgan fingerprint density at radius 1 is 0.540 bits per heavy atom. The van der Waals surface area contributed by atoms with Crippen LogP contribution in [-0.2, 0) is 26.2 Å². The Kier molecular flexibility index (Phi) is 10.7. The lowest BCUT2D eigenvalue weighted by molar-refractivity contribution is 0.315. The minimum Gasteiger partial charge on any atom is -0.399 e. The highest BCUT2D eigenvalue weighted by Gasteiger charge is 2.10. The number of nitrogen functional groups attached to an aromatic ring is 2. The topological polar surface area (TPSA) is 121 Å². The number of pyridine rings is 1. The van der Waals surface area contributed by atoms with Crippen LogP contribution in [0.2, 0.25) is 0 Å². The molecule has 0 aliphatic carbocycles. The average molecular weight is 664 g/mol. The van der Waals surface area contributed by atoms with Crippen molar-refractivity contribution < 1.29 is 0 Å². The Labute approximate surface area is 295 Å². The van der Waals surface area contributed by atoms with Crippen molar-refractivity contribution in [2.24, 2.45) is 0 Å². The van der Waals surface area contributed by atoms with Crippen LogP contribution in [0.4, 0.5) is 34.6 Å². The molecule has 0 unspecified atom stereocenters. The lowest BCUT2D eigenvalue weighted by Gasteiger charge is -2.18. The van der Waals surface area contributed by atoms with Gasteiger partial charge in [0.05, 0.1) is 11.4 Å². The fourth-order valence-corrected chi connectivity index (χ4v) is 5.90. The molecule has 9 nitrogen and oxygen atoms in total. The number of nitrogens with two attached hydrogens (primary N) is 2. The first kappa shape index (κ1) is 34.1. The zero-order valence-electron chi connectivity index (χ0n) is 29.2. The molecule has 6 N–H and O–H groups in total. The van der Waals surface area contributed by atoms with Crippen molar-refractivity contribution in [3.05, 3.63) is 149 Å². The second-order valence-corrected chi connectivity index (χ2v) is 13.1. The quantitative estimate of drug-likeness (QED) is 0.0972. The van der Waals surface area contributed by atoms with E-state index in [2.05, 4.69) is 114 Å². The van der Waals surface area contributed by atoms with Crippen molar-refractivity contribution in [3.8, 4) is 11.1 Å². The molecule has 50 heavy (non-hydrogen) atoms. The van der Waals surface area contributed by atoms with Crippen LogP contribution in [0, 0.1) is 13.8 Å². The molecule has 6 aromatic rings. The van der Waals surface area contributed by atoms with Gasteiger partial charge in [0.2, 0.25) is 5.95 Å². The van der Waals surface area contributed by atoms with Crippen LogP contribution in [0.5, 0.6) is 0 Å². The van der Waals surface area contributed by atoms with Gasteiger partial charge in [0, 0.05) is 55.4 Å². The lowest BCUT2D eigenvalue weighted by Crippen LogP contribution is -2.18. The zero-order chi connectivity index (χ0) is 35.0. The van der Waals surface area contributed by atoms with Gasteiger partial charge in [-0.2, -0.15) is 4.98 Å². The van der Waals surface area contributed by atoms with E-state index in [1.807, 2.05) is 54.6 Å². The van der Waals surface area contributed by atoms with Crippen LogP contribution >= 0.6 is 0 Å². The van der Waals surface area contributed by atoms with E-state index in [0.717, 1.165) is 41.7 Å². The summed E-state index contributed by atoms with van der Waals surface area (Å²) in [5.74, 6) is 1.68. The number of hydrogen-bond acceptors (Lipinski definition) is 9. The number of benzene rings is 4. The monoisotopic (exact) mass is 663 g/mol. The van der Waals surface area contributed by atoms with E-state index in [1.54, 1.807) is 0 Å². The summed E-state index contributed by atoms with van der Waals surface area (Å²) in [6.07, 6.45) is 0. The van der Waals surface area contributed by atoms with E-state index in [0.29, 0.717) is 30.5 Å². The van der Waals surface area contributed by atoms with Crippen LogP contribution in [-0.4, -0.2) is 38.8 Å². The minimum atomic E-state index is 0.442. The lowest BCUT2D eigenvalue weighted by atomic mass is 10.0. The summed E-state index contributed by atoms with van der Waals surface area (Å²) >= 11 is 0. The Balaban J connectivity index is 1.04. The molecule has 254 valence electrons. The zero-order valence-corrected chi connectivity index (χ0v) is 29.2. The maximum Gasteiger partial charge on any atom is 0.229 e. The molecule has 0 aliphatic rings. The molecule has 4 aromatic carbocycles. The third kappa shape index (κ3) is 9.65. The van der Waals surface area contributed by atoms with Crippen molar-refractivity contribution in [2.45, 2.75) is 40.0 Å². The van der Waals surface area contributed by atoms with E-state index in [1.165, 1.54) is 33.4 Å². The first-order valence-corrected chi connectivity index (χ1v) is 16.8. The second-order valence-electron chi connectivity index (χ2n) is 13.1. The molecule has 0 atom stereocenters. The maximum atomic E-state index is 6.25. The molecule has 0 spiro atoms. The number of nitrogens with zero attached hydrogens (tertiary/aromatic N) is 5.